The molecule has 0 radical (unpaired) electrons. The number of rotatable bonds is 8. The zero-order valence-corrected chi connectivity index (χ0v) is 7.64. The fourth-order valence-electron chi connectivity index (χ4n) is 1.18. The standard InChI is InChI=1S/C9H19BO/c1-2-3-4-5-6-7-8-9-10-11/h2-9H2,1H3. The van der Waals surface area contributed by atoms with Gasteiger partial charge in [-0.2, -0.15) is 0 Å². The van der Waals surface area contributed by atoms with E-state index in [4.69, 9.17) is 0 Å². The first-order valence-corrected chi connectivity index (χ1v) is 4.85. The van der Waals surface area contributed by atoms with Gasteiger partial charge < -0.3 is 0 Å². The van der Waals surface area contributed by atoms with E-state index in [1.165, 1.54) is 38.5 Å². The van der Waals surface area contributed by atoms with Gasteiger partial charge in [-0.1, -0.05) is 0 Å². The average Bonchev–Trinajstić information content (AvgIpc) is 2.03. The Kier molecular flexibility index (Phi) is 9.74. The van der Waals surface area contributed by atoms with Crippen LogP contribution in [0.25, 0.3) is 0 Å². The van der Waals surface area contributed by atoms with E-state index < -0.39 is 0 Å². The molecule has 0 aliphatic carbocycles. The maximum atomic E-state index is 9.94. The van der Waals surface area contributed by atoms with Crippen molar-refractivity contribution in [2.24, 2.45) is 0 Å². The fourth-order valence-corrected chi connectivity index (χ4v) is 1.18. The van der Waals surface area contributed by atoms with E-state index in [2.05, 4.69) is 6.92 Å². The van der Waals surface area contributed by atoms with Gasteiger partial charge in [0, 0.05) is 0 Å². The van der Waals surface area contributed by atoms with Crippen LogP contribution in [-0.4, -0.2) is 7.15 Å². The molecule has 0 N–H and O–H groups in total. The summed E-state index contributed by atoms with van der Waals surface area (Å²) in [6.07, 6.45) is 9.81. The Morgan fingerprint density at radius 2 is 1.45 bits per heavy atom. The van der Waals surface area contributed by atoms with Crippen LogP contribution >= 0.6 is 0 Å². The molecule has 0 aliphatic rings. The van der Waals surface area contributed by atoms with Gasteiger partial charge in [-0.15, -0.1) is 0 Å². The van der Waals surface area contributed by atoms with Crippen LogP contribution in [0.15, 0.2) is 0 Å². The zero-order chi connectivity index (χ0) is 8.36. The van der Waals surface area contributed by atoms with Crippen LogP contribution in [0.4, 0.5) is 0 Å². The topological polar surface area (TPSA) is 17.1 Å². The quantitative estimate of drug-likeness (QED) is 0.387. The summed E-state index contributed by atoms with van der Waals surface area (Å²) in [5.41, 5.74) is 0. The van der Waals surface area contributed by atoms with Crippen molar-refractivity contribution in [1.29, 1.82) is 0 Å². The van der Waals surface area contributed by atoms with Crippen molar-refractivity contribution in [3.63, 3.8) is 0 Å². The second-order valence-electron chi connectivity index (χ2n) is 3.08. The van der Waals surface area contributed by atoms with Crippen LogP contribution in [0.2, 0.25) is 6.32 Å². The maximum absolute atomic E-state index is 9.94. The van der Waals surface area contributed by atoms with Gasteiger partial charge in [0.1, 0.15) is 0 Å². The Morgan fingerprint density at radius 3 is 2.00 bits per heavy atom. The predicted molar refractivity (Wildman–Crippen MR) is 49.2 cm³/mol. The van der Waals surface area contributed by atoms with Crippen LogP contribution < -0.4 is 0 Å². The molecule has 0 bridgehead atoms. The van der Waals surface area contributed by atoms with E-state index in [1.54, 1.807) is 0 Å². The minimum absolute atomic E-state index is 0.758. The first-order valence-electron chi connectivity index (χ1n) is 4.85. The number of hydrogen-bond donors (Lipinski definition) is 0. The average molecular weight is 154 g/mol. The summed E-state index contributed by atoms with van der Waals surface area (Å²) in [7, 11) is 1.02. The summed E-state index contributed by atoms with van der Waals surface area (Å²) in [6.45, 7) is 2.23. The third-order valence-corrected chi connectivity index (χ3v) is 1.93. The summed E-state index contributed by atoms with van der Waals surface area (Å²) in [5, 5.41) is 0. The zero-order valence-electron chi connectivity index (χ0n) is 7.64. The van der Waals surface area contributed by atoms with Gasteiger partial charge in [-0.3, -0.25) is 0 Å². The molecule has 0 rings (SSSR count). The SMILES string of the molecule is CCCCCCCCCB=O. The molecule has 0 heterocycles. The first-order chi connectivity index (χ1) is 5.41. The van der Waals surface area contributed by atoms with Gasteiger partial charge in [0.05, 0.1) is 0 Å². The Morgan fingerprint density at radius 1 is 0.909 bits per heavy atom. The van der Waals surface area contributed by atoms with E-state index in [1.807, 2.05) is 0 Å². The van der Waals surface area contributed by atoms with Crippen LogP contribution in [-0.2, 0) is 4.70 Å². The Bertz CT molecular complexity index is 83.6. The minimum atomic E-state index is 0.758. The molecule has 0 aliphatic heterocycles. The van der Waals surface area contributed by atoms with E-state index >= 15 is 0 Å². The molecule has 0 aromatic carbocycles. The van der Waals surface area contributed by atoms with Crippen LogP contribution in [0.1, 0.15) is 51.9 Å². The molecule has 11 heavy (non-hydrogen) atoms. The third-order valence-electron chi connectivity index (χ3n) is 1.93. The Hall–Kier alpha value is -0.135. The van der Waals surface area contributed by atoms with Crippen molar-refractivity contribution in [2.45, 2.75) is 58.2 Å². The van der Waals surface area contributed by atoms with Gasteiger partial charge in [0.2, 0.25) is 0 Å². The van der Waals surface area contributed by atoms with E-state index in [0.29, 0.717) is 0 Å². The summed E-state index contributed by atoms with van der Waals surface area (Å²) in [5.74, 6) is 0. The van der Waals surface area contributed by atoms with Crippen molar-refractivity contribution in [3.8, 4) is 0 Å². The van der Waals surface area contributed by atoms with Crippen molar-refractivity contribution in [1.82, 2.24) is 0 Å². The summed E-state index contributed by atoms with van der Waals surface area (Å²) >= 11 is 0. The van der Waals surface area contributed by atoms with Crippen LogP contribution in [0, 0.1) is 0 Å². The van der Waals surface area contributed by atoms with Crippen molar-refractivity contribution in [2.75, 3.05) is 0 Å². The van der Waals surface area contributed by atoms with Gasteiger partial charge in [-0.05, 0) is 0 Å². The number of unbranched alkanes of at least 4 members (excludes halogenated alkanes) is 6. The molecule has 0 amide bonds. The molecule has 0 fully saturated rings. The van der Waals surface area contributed by atoms with Crippen molar-refractivity contribution >= 4 is 7.15 Å². The molecule has 0 atom stereocenters. The predicted octanol–water partition coefficient (Wildman–Crippen LogP) is 3.21. The molecular formula is C9H19BO. The van der Waals surface area contributed by atoms with Gasteiger partial charge in [-0.25, -0.2) is 0 Å². The first kappa shape index (κ1) is 10.9. The van der Waals surface area contributed by atoms with Gasteiger partial charge in [0.25, 0.3) is 0 Å². The molecule has 0 saturated heterocycles. The summed E-state index contributed by atoms with van der Waals surface area (Å²) in [6, 6.07) is 0. The molecule has 0 spiro atoms. The van der Waals surface area contributed by atoms with E-state index in [9.17, 15) is 4.70 Å². The molecule has 0 unspecified atom stereocenters. The Labute approximate surface area is 70.8 Å². The summed E-state index contributed by atoms with van der Waals surface area (Å²) < 4.78 is 9.94. The van der Waals surface area contributed by atoms with Crippen LogP contribution in [0.5, 0.6) is 0 Å². The monoisotopic (exact) mass is 154 g/mol. The fraction of sp³-hybridized carbons (Fsp3) is 1.00. The van der Waals surface area contributed by atoms with E-state index in [0.717, 1.165) is 19.9 Å². The van der Waals surface area contributed by atoms with Crippen molar-refractivity contribution < 1.29 is 4.70 Å². The molecular weight excluding hydrogens is 135 g/mol. The molecule has 0 aromatic rings. The van der Waals surface area contributed by atoms with Crippen LogP contribution in [0.3, 0.4) is 0 Å². The molecule has 64 valence electrons. The van der Waals surface area contributed by atoms with Crippen molar-refractivity contribution in [3.05, 3.63) is 0 Å². The number of hydrogen-bond acceptors (Lipinski definition) is 1. The van der Waals surface area contributed by atoms with Gasteiger partial charge in [0.15, 0.2) is 0 Å². The Balaban J connectivity index is 2.74. The molecule has 0 aromatic heterocycles. The second kappa shape index (κ2) is 9.86. The van der Waals surface area contributed by atoms with Gasteiger partial charge >= 0.3 is 70.0 Å². The normalized spacial score (nSPS) is 9.55. The summed E-state index contributed by atoms with van der Waals surface area (Å²) in [4.78, 5) is 0. The molecule has 2 heteroatoms. The van der Waals surface area contributed by atoms with E-state index in [-0.39, 0.29) is 0 Å². The molecule has 0 saturated carbocycles. The second-order valence-corrected chi connectivity index (χ2v) is 3.08. The molecule has 1 nitrogen and oxygen atoms in total. The third kappa shape index (κ3) is 9.86.